The summed E-state index contributed by atoms with van der Waals surface area (Å²) in [6.45, 7) is 3.63. The summed E-state index contributed by atoms with van der Waals surface area (Å²) >= 11 is 0. The summed E-state index contributed by atoms with van der Waals surface area (Å²) in [7, 11) is -2.76. The van der Waals surface area contributed by atoms with Gasteiger partial charge in [0.25, 0.3) is 0 Å². The van der Waals surface area contributed by atoms with Crippen LogP contribution in [0, 0.1) is 5.92 Å². The molecule has 0 heterocycles. The third kappa shape index (κ3) is 5.52. The average molecular weight is 233 g/mol. The second-order valence-corrected chi connectivity index (χ2v) is 6.92. The first-order valence-electron chi connectivity index (χ1n) is 6.05. The third-order valence-corrected chi connectivity index (χ3v) is 4.95. The van der Waals surface area contributed by atoms with Crippen LogP contribution in [0.15, 0.2) is 0 Å². The van der Waals surface area contributed by atoms with E-state index < -0.39 is 9.84 Å². The molecule has 1 rings (SSSR count). The lowest BCUT2D eigenvalue weighted by Crippen LogP contribution is -2.24. The third-order valence-electron chi connectivity index (χ3n) is 3.16. The Hall–Kier alpha value is -0.0900. The van der Waals surface area contributed by atoms with Crippen LogP contribution in [-0.4, -0.2) is 33.0 Å². The quantitative estimate of drug-likeness (QED) is 0.679. The SMILES string of the molecule is CCS(=O)(=O)CCCNCC1CCCC1. The van der Waals surface area contributed by atoms with Gasteiger partial charge in [0.05, 0.1) is 5.75 Å². The van der Waals surface area contributed by atoms with Crippen LogP contribution in [0.1, 0.15) is 39.0 Å². The Morgan fingerprint density at radius 2 is 1.93 bits per heavy atom. The summed E-state index contributed by atoms with van der Waals surface area (Å²) in [6, 6.07) is 0. The van der Waals surface area contributed by atoms with Gasteiger partial charge in [0.2, 0.25) is 0 Å². The van der Waals surface area contributed by atoms with Crippen molar-refractivity contribution in [1.82, 2.24) is 5.32 Å². The zero-order chi connectivity index (χ0) is 11.1. The van der Waals surface area contributed by atoms with Gasteiger partial charge in [-0.1, -0.05) is 19.8 Å². The Morgan fingerprint density at radius 1 is 1.27 bits per heavy atom. The Bertz CT molecular complexity index is 256. The summed E-state index contributed by atoms with van der Waals surface area (Å²) in [5.74, 6) is 1.45. The first kappa shape index (κ1) is 13.0. The highest BCUT2D eigenvalue weighted by atomic mass is 32.2. The molecule has 15 heavy (non-hydrogen) atoms. The summed E-state index contributed by atoms with van der Waals surface area (Å²) < 4.78 is 22.4. The Labute approximate surface area is 93.6 Å². The number of rotatable bonds is 7. The molecule has 0 aromatic heterocycles. The number of nitrogens with one attached hydrogen (secondary N) is 1. The normalized spacial score (nSPS) is 18.5. The molecule has 90 valence electrons. The van der Waals surface area contributed by atoms with E-state index in [4.69, 9.17) is 0 Å². The first-order chi connectivity index (χ1) is 7.14. The van der Waals surface area contributed by atoms with Gasteiger partial charge < -0.3 is 5.32 Å². The van der Waals surface area contributed by atoms with E-state index in [9.17, 15) is 8.42 Å². The number of hydrogen-bond acceptors (Lipinski definition) is 3. The highest BCUT2D eigenvalue weighted by molar-refractivity contribution is 7.91. The Kier molecular flexibility index (Phi) is 5.61. The van der Waals surface area contributed by atoms with Crippen LogP contribution in [0.2, 0.25) is 0 Å². The van der Waals surface area contributed by atoms with Gasteiger partial charge in [-0.15, -0.1) is 0 Å². The predicted molar refractivity (Wildman–Crippen MR) is 63.8 cm³/mol. The lowest BCUT2D eigenvalue weighted by Gasteiger charge is -2.10. The van der Waals surface area contributed by atoms with E-state index in [1.54, 1.807) is 6.92 Å². The monoisotopic (exact) mass is 233 g/mol. The van der Waals surface area contributed by atoms with Gasteiger partial charge in [-0.2, -0.15) is 0 Å². The van der Waals surface area contributed by atoms with Crippen LogP contribution < -0.4 is 5.32 Å². The molecule has 0 aromatic rings. The van der Waals surface area contributed by atoms with Gasteiger partial charge in [0, 0.05) is 5.75 Å². The number of hydrogen-bond donors (Lipinski definition) is 1. The van der Waals surface area contributed by atoms with Crippen LogP contribution in [0.4, 0.5) is 0 Å². The zero-order valence-corrected chi connectivity index (χ0v) is 10.5. The van der Waals surface area contributed by atoms with E-state index in [1.807, 2.05) is 0 Å². The summed E-state index contributed by atoms with van der Waals surface area (Å²) in [5, 5.41) is 3.36. The van der Waals surface area contributed by atoms with Crippen LogP contribution in [-0.2, 0) is 9.84 Å². The molecule has 4 heteroatoms. The number of sulfone groups is 1. The van der Waals surface area contributed by atoms with E-state index >= 15 is 0 Å². The first-order valence-corrected chi connectivity index (χ1v) is 7.87. The smallest absolute Gasteiger partial charge is 0.150 e. The lowest BCUT2D eigenvalue weighted by atomic mass is 10.1. The maximum atomic E-state index is 11.2. The average Bonchev–Trinajstić information content (AvgIpc) is 2.70. The molecule has 1 fully saturated rings. The molecule has 0 bridgehead atoms. The molecule has 1 saturated carbocycles. The summed E-state index contributed by atoms with van der Waals surface area (Å²) in [4.78, 5) is 0. The molecule has 0 unspecified atom stereocenters. The molecule has 1 aliphatic carbocycles. The highest BCUT2D eigenvalue weighted by Crippen LogP contribution is 2.23. The molecule has 0 amide bonds. The fraction of sp³-hybridized carbons (Fsp3) is 1.00. The minimum atomic E-state index is -2.76. The van der Waals surface area contributed by atoms with Gasteiger partial charge >= 0.3 is 0 Å². The van der Waals surface area contributed by atoms with Crippen molar-refractivity contribution in [3.8, 4) is 0 Å². The van der Waals surface area contributed by atoms with Crippen molar-refractivity contribution in [3.05, 3.63) is 0 Å². The molecule has 0 spiro atoms. The second-order valence-electron chi connectivity index (χ2n) is 4.44. The molecule has 0 aliphatic heterocycles. The summed E-state index contributed by atoms with van der Waals surface area (Å²) in [6.07, 6.45) is 6.19. The van der Waals surface area contributed by atoms with Crippen LogP contribution in [0.5, 0.6) is 0 Å². The molecular weight excluding hydrogens is 210 g/mol. The van der Waals surface area contributed by atoms with E-state index in [0.29, 0.717) is 5.75 Å². The Morgan fingerprint density at radius 3 is 2.53 bits per heavy atom. The minimum Gasteiger partial charge on any atom is -0.316 e. The molecule has 0 radical (unpaired) electrons. The Balaban J connectivity index is 1.97. The fourth-order valence-electron chi connectivity index (χ4n) is 2.08. The summed E-state index contributed by atoms with van der Waals surface area (Å²) in [5.41, 5.74) is 0. The van der Waals surface area contributed by atoms with Crippen molar-refractivity contribution in [2.24, 2.45) is 5.92 Å². The second kappa shape index (κ2) is 6.48. The van der Waals surface area contributed by atoms with E-state index in [0.717, 1.165) is 25.4 Å². The fourth-order valence-corrected chi connectivity index (χ4v) is 2.95. The standard InChI is InChI=1S/C11H23NO2S/c1-2-15(13,14)9-5-8-12-10-11-6-3-4-7-11/h11-12H,2-10H2,1H3. The van der Waals surface area contributed by atoms with Crippen molar-refractivity contribution < 1.29 is 8.42 Å². The molecule has 0 saturated heterocycles. The predicted octanol–water partition coefficient (Wildman–Crippen LogP) is 1.59. The van der Waals surface area contributed by atoms with Gasteiger partial charge in [-0.25, -0.2) is 8.42 Å². The maximum Gasteiger partial charge on any atom is 0.150 e. The zero-order valence-electron chi connectivity index (χ0n) is 9.67. The van der Waals surface area contributed by atoms with Crippen LogP contribution >= 0.6 is 0 Å². The lowest BCUT2D eigenvalue weighted by molar-refractivity contribution is 0.489. The van der Waals surface area contributed by atoms with Crippen LogP contribution in [0.3, 0.4) is 0 Å². The molecule has 0 atom stereocenters. The van der Waals surface area contributed by atoms with Crippen LogP contribution in [0.25, 0.3) is 0 Å². The maximum absolute atomic E-state index is 11.2. The largest absolute Gasteiger partial charge is 0.316 e. The van der Waals surface area contributed by atoms with Gasteiger partial charge in [0.15, 0.2) is 0 Å². The van der Waals surface area contributed by atoms with Crippen molar-refractivity contribution in [3.63, 3.8) is 0 Å². The van der Waals surface area contributed by atoms with Gasteiger partial charge in [-0.3, -0.25) is 0 Å². The van der Waals surface area contributed by atoms with Crippen molar-refractivity contribution in [2.45, 2.75) is 39.0 Å². The van der Waals surface area contributed by atoms with Crippen molar-refractivity contribution in [2.75, 3.05) is 24.6 Å². The molecule has 1 N–H and O–H groups in total. The van der Waals surface area contributed by atoms with E-state index in [2.05, 4.69) is 5.32 Å². The van der Waals surface area contributed by atoms with Gasteiger partial charge in [0.1, 0.15) is 9.84 Å². The molecule has 0 aromatic carbocycles. The minimum absolute atomic E-state index is 0.273. The van der Waals surface area contributed by atoms with Crippen molar-refractivity contribution in [1.29, 1.82) is 0 Å². The van der Waals surface area contributed by atoms with Crippen molar-refractivity contribution >= 4 is 9.84 Å². The highest BCUT2D eigenvalue weighted by Gasteiger charge is 2.14. The molecule has 1 aliphatic rings. The van der Waals surface area contributed by atoms with E-state index in [1.165, 1.54) is 25.7 Å². The molecule has 3 nitrogen and oxygen atoms in total. The molecular formula is C11H23NO2S. The topological polar surface area (TPSA) is 46.2 Å². The van der Waals surface area contributed by atoms with Gasteiger partial charge in [-0.05, 0) is 38.3 Å². The van der Waals surface area contributed by atoms with E-state index in [-0.39, 0.29) is 5.75 Å².